The van der Waals surface area contributed by atoms with Crippen molar-refractivity contribution >= 4 is 15.9 Å². The minimum absolute atomic E-state index is 0.437. The van der Waals surface area contributed by atoms with Crippen LogP contribution in [0.5, 0.6) is 0 Å². The maximum absolute atomic E-state index is 3.54. The summed E-state index contributed by atoms with van der Waals surface area (Å²) in [5.41, 5.74) is 1.36. The normalized spacial score (nSPS) is 12.9. The molecule has 1 N–H and O–H groups in total. The van der Waals surface area contributed by atoms with Crippen molar-refractivity contribution in [3.8, 4) is 0 Å². The summed E-state index contributed by atoms with van der Waals surface area (Å²) < 4.78 is 1.15. The Morgan fingerprint density at radius 2 is 2.11 bits per heavy atom. The number of hydrogen-bond donors (Lipinski definition) is 1. The fourth-order valence-corrected chi connectivity index (χ4v) is 2.51. The Morgan fingerprint density at radius 3 is 2.72 bits per heavy atom. The van der Waals surface area contributed by atoms with E-state index < -0.39 is 0 Å². The quantitative estimate of drug-likeness (QED) is 0.784. The van der Waals surface area contributed by atoms with Gasteiger partial charge in [-0.1, -0.05) is 41.4 Å². The highest BCUT2D eigenvalue weighted by Gasteiger charge is 2.10. The standard InChI is InChI=1S/C15H25BrN2/c1-4-5-10-18(3)11-9-15(17-2)13-7-6-8-14(16)12-13/h6-8,12,15,17H,4-5,9-11H2,1-3H3. The van der Waals surface area contributed by atoms with Crippen molar-refractivity contribution in [2.45, 2.75) is 32.2 Å². The predicted molar refractivity (Wildman–Crippen MR) is 83.0 cm³/mol. The molecule has 0 amide bonds. The van der Waals surface area contributed by atoms with Crippen molar-refractivity contribution in [3.63, 3.8) is 0 Å². The second-order valence-electron chi connectivity index (χ2n) is 4.84. The maximum Gasteiger partial charge on any atom is 0.0330 e. The van der Waals surface area contributed by atoms with Crippen LogP contribution in [-0.2, 0) is 0 Å². The van der Waals surface area contributed by atoms with Crippen molar-refractivity contribution < 1.29 is 0 Å². The lowest BCUT2D eigenvalue weighted by molar-refractivity contribution is 0.306. The first-order valence-electron chi connectivity index (χ1n) is 6.78. The third-order valence-corrected chi connectivity index (χ3v) is 3.79. The smallest absolute Gasteiger partial charge is 0.0330 e. The fraction of sp³-hybridized carbons (Fsp3) is 0.600. The van der Waals surface area contributed by atoms with Gasteiger partial charge in [-0.05, 0) is 57.7 Å². The summed E-state index contributed by atoms with van der Waals surface area (Å²) in [5.74, 6) is 0. The Hall–Kier alpha value is -0.380. The van der Waals surface area contributed by atoms with Gasteiger partial charge in [0.1, 0.15) is 0 Å². The molecule has 0 aliphatic heterocycles. The maximum atomic E-state index is 3.54. The van der Waals surface area contributed by atoms with Crippen molar-refractivity contribution in [1.82, 2.24) is 10.2 Å². The molecule has 0 fully saturated rings. The first kappa shape index (κ1) is 15.7. The fourth-order valence-electron chi connectivity index (χ4n) is 2.09. The van der Waals surface area contributed by atoms with Gasteiger partial charge in [0.2, 0.25) is 0 Å². The first-order valence-corrected chi connectivity index (χ1v) is 7.58. The van der Waals surface area contributed by atoms with E-state index in [-0.39, 0.29) is 0 Å². The molecule has 1 rings (SSSR count). The second-order valence-corrected chi connectivity index (χ2v) is 5.76. The molecule has 1 atom stereocenters. The van der Waals surface area contributed by atoms with E-state index in [0.29, 0.717) is 6.04 Å². The molecular weight excluding hydrogens is 288 g/mol. The molecule has 0 spiro atoms. The lowest BCUT2D eigenvalue weighted by Gasteiger charge is -2.21. The van der Waals surface area contributed by atoms with Gasteiger partial charge in [-0.15, -0.1) is 0 Å². The summed E-state index contributed by atoms with van der Waals surface area (Å²) in [4.78, 5) is 2.42. The van der Waals surface area contributed by atoms with E-state index in [0.717, 1.165) is 17.4 Å². The zero-order chi connectivity index (χ0) is 13.4. The van der Waals surface area contributed by atoms with Crippen LogP contribution in [0.3, 0.4) is 0 Å². The zero-order valence-corrected chi connectivity index (χ0v) is 13.3. The summed E-state index contributed by atoms with van der Waals surface area (Å²) in [7, 11) is 4.25. The number of nitrogens with zero attached hydrogens (tertiary/aromatic N) is 1. The second kappa shape index (κ2) is 8.68. The van der Waals surface area contributed by atoms with E-state index in [9.17, 15) is 0 Å². The van der Waals surface area contributed by atoms with Crippen LogP contribution in [0.25, 0.3) is 0 Å². The van der Waals surface area contributed by atoms with Gasteiger partial charge in [0.25, 0.3) is 0 Å². The van der Waals surface area contributed by atoms with Crippen LogP contribution < -0.4 is 5.32 Å². The molecule has 0 saturated carbocycles. The minimum atomic E-state index is 0.437. The number of rotatable bonds is 8. The van der Waals surface area contributed by atoms with Crippen LogP contribution in [0, 0.1) is 0 Å². The Balaban J connectivity index is 2.47. The molecule has 18 heavy (non-hydrogen) atoms. The van der Waals surface area contributed by atoms with Gasteiger partial charge in [-0.25, -0.2) is 0 Å². The lowest BCUT2D eigenvalue weighted by Crippen LogP contribution is -2.26. The molecule has 1 unspecified atom stereocenters. The molecule has 3 heteroatoms. The molecule has 0 heterocycles. The van der Waals surface area contributed by atoms with Gasteiger partial charge >= 0.3 is 0 Å². The van der Waals surface area contributed by atoms with Crippen LogP contribution in [0.1, 0.15) is 37.8 Å². The van der Waals surface area contributed by atoms with Crippen LogP contribution in [-0.4, -0.2) is 32.1 Å². The van der Waals surface area contributed by atoms with Gasteiger partial charge in [0, 0.05) is 10.5 Å². The molecule has 2 nitrogen and oxygen atoms in total. The number of benzene rings is 1. The molecule has 0 radical (unpaired) electrons. The summed E-state index contributed by atoms with van der Waals surface area (Å²) in [6.45, 7) is 4.58. The summed E-state index contributed by atoms with van der Waals surface area (Å²) >= 11 is 3.54. The first-order chi connectivity index (χ1) is 8.67. The van der Waals surface area contributed by atoms with Crippen molar-refractivity contribution in [1.29, 1.82) is 0 Å². The highest BCUT2D eigenvalue weighted by atomic mass is 79.9. The summed E-state index contributed by atoms with van der Waals surface area (Å²) in [6.07, 6.45) is 3.70. The minimum Gasteiger partial charge on any atom is -0.313 e. The van der Waals surface area contributed by atoms with Gasteiger partial charge in [0.05, 0.1) is 0 Å². The van der Waals surface area contributed by atoms with Gasteiger partial charge in [0.15, 0.2) is 0 Å². The van der Waals surface area contributed by atoms with E-state index in [1.54, 1.807) is 0 Å². The predicted octanol–water partition coefficient (Wildman–Crippen LogP) is 3.83. The van der Waals surface area contributed by atoms with Crippen molar-refractivity contribution in [2.24, 2.45) is 0 Å². The Bertz CT molecular complexity index is 341. The molecule has 0 aromatic heterocycles. The SMILES string of the molecule is CCCCN(C)CCC(NC)c1cccc(Br)c1. The molecular formula is C15H25BrN2. The lowest BCUT2D eigenvalue weighted by atomic mass is 10.0. The van der Waals surface area contributed by atoms with E-state index in [4.69, 9.17) is 0 Å². The zero-order valence-electron chi connectivity index (χ0n) is 11.7. The summed E-state index contributed by atoms with van der Waals surface area (Å²) in [5, 5.41) is 3.41. The van der Waals surface area contributed by atoms with Gasteiger partial charge in [-0.2, -0.15) is 0 Å². The Morgan fingerprint density at radius 1 is 1.33 bits per heavy atom. The number of nitrogens with one attached hydrogen (secondary N) is 1. The molecule has 1 aromatic rings. The van der Waals surface area contributed by atoms with Crippen molar-refractivity contribution in [3.05, 3.63) is 34.3 Å². The number of halogens is 1. The van der Waals surface area contributed by atoms with E-state index >= 15 is 0 Å². The molecule has 0 bridgehead atoms. The highest BCUT2D eigenvalue weighted by Crippen LogP contribution is 2.20. The van der Waals surface area contributed by atoms with Crippen LogP contribution in [0.15, 0.2) is 28.7 Å². The third-order valence-electron chi connectivity index (χ3n) is 3.29. The largest absolute Gasteiger partial charge is 0.313 e. The van der Waals surface area contributed by atoms with E-state index in [2.05, 4.69) is 64.4 Å². The molecule has 1 aromatic carbocycles. The topological polar surface area (TPSA) is 15.3 Å². The van der Waals surface area contributed by atoms with Gasteiger partial charge in [-0.3, -0.25) is 0 Å². The Labute approximate surface area is 120 Å². The molecule has 0 aliphatic carbocycles. The van der Waals surface area contributed by atoms with Crippen LogP contribution >= 0.6 is 15.9 Å². The Kier molecular flexibility index (Phi) is 7.56. The highest BCUT2D eigenvalue weighted by molar-refractivity contribution is 9.10. The van der Waals surface area contributed by atoms with Crippen LogP contribution in [0.2, 0.25) is 0 Å². The van der Waals surface area contributed by atoms with Gasteiger partial charge < -0.3 is 10.2 Å². The third kappa shape index (κ3) is 5.51. The average molecular weight is 313 g/mol. The van der Waals surface area contributed by atoms with Crippen LogP contribution in [0.4, 0.5) is 0 Å². The van der Waals surface area contributed by atoms with E-state index in [1.807, 2.05) is 7.05 Å². The molecule has 0 saturated heterocycles. The average Bonchev–Trinajstić information content (AvgIpc) is 2.37. The van der Waals surface area contributed by atoms with Crippen molar-refractivity contribution in [2.75, 3.05) is 27.2 Å². The number of unbranched alkanes of at least 4 members (excludes halogenated alkanes) is 1. The molecule has 0 aliphatic rings. The molecule has 102 valence electrons. The summed E-state index contributed by atoms with van der Waals surface area (Å²) in [6, 6.07) is 9.01. The monoisotopic (exact) mass is 312 g/mol. The number of hydrogen-bond acceptors (Lipinski definition) is 2. The van der Waals surface area contributed by atoms with E-state index in [1.165, 1.54) is 24.9 Å².